The number of ether oxygens (including phenoxy) is 1. The third-order valence-electron chi connectivity index (χ3n) is 3.53. The van der Waals surface area contributed by atoms with Crippen LogP contribution in [0.25, 0.3) is 0 Å². The molecular weight excluding hydrogens is 311 g/mol. The third-order valence-corrected chi connectivity index (χ3v) is 3.53. The van der Waals surface area contributed by atoms with Gasteiger partial charge in [0.05, 0.1) is 6.61 Å². The third kappa shape index (κ3) is 5.04. The van der Waals surface area contributed by atoms with Gasteiger partial charge in [-0.3, -0.25) is 4.79 Å². The number of aliphatic hydroxyl groups is 1. The van der Waals surface area contributed by atoms with Crippen LogP contribution in [0.4, 0.5) is 4.39 Å². The fourth-order valence-corrected chi connectivity index (χ4v) is 2.20. The molecule has 0 spiro atoms. The Morgan fingerprint density at radius 1 is 1.25 bits per heavy atom. The number of carbonyl (C=O) groups excluding carboxylic acids is 1. The summed E-state index contributed by atoms with van der Waals surface area (Å²) in [5.41, 5.74) is 7.18. The number of hydrogen-bond acceptors (Lipinski definition) is 4. The highest BCUT2D eigenvalue weighted by atomic mass is 19.1. The zero-order valence-corrected chi connectivity index (χ0v) is 13.5. The summed E-state index contributed by atoms with van der Waals surface area (Å²) in [6.45, 7) is 0.285. The lowest BCUT2D eigenvalue weighted by Gasteiger charge is -2.20. The van der Waals surface area contributed by atoms with Crippen molar-refractivity contribution < 1.29 is 19.0 Å². The van der Waals surface area contributed by atoms with Gasteiger partial charge in [-0.15, -0.1) is 0 Å². The number of halogens is 1. The zero-order valence-electron chi connectivity index (χ0n) is 13.5. The lowest BCUT2D eigenvalue weighted by atomic mass is 10.2. The highest BCUT2D eigenvalue weighted by Gasteiger charge is 2.16. The molecular formula is C18H21FN2O3. The van der Waals surface area contributed by atoms with Crippen molar-refractivity contribution in [2.24, 2.45) is 5.73 Å². The Hall–Kier alpha value is -2.44. The van der Waals surface area contributed by atoms with Gasteiger partial charge in [-0.25, -0.2) is 4.39 Å². The number of amides is 1. The second-order valence-corrected chi connectivity index (χ2v) is 5.55. The van der Waals surface area contributed by atoms with Gasteiger partial charge in [-0.05, 0) is 35.4 Å². The van der Waals surface area contributed by atoms with E-state index in [9.17, 15) is 9.18 Å². The molecule has 2 aromatic rings. The first-order valence-electron chi connectivity index (χ1n) is 7.57. The van der Waals surface area contributed by atoms with Gasteiger partial charge in [0.1, 0.15) is 24.2 Å². The van der Waals surface area contributed by atoms with Crippen LogP contribution in [0.2, 0.25) is 0 Å². The number of benzene rings is 2. The zero-order chi connectivity index (χ0) is 17.5. The number of nitrogens with two attached hydrogens (primary N) is 1. The van der Waals surface area contributed by atoms with Gasteiger partial charge in [-0.1, -0.05) is 24.3 Å². The molecule has 0 aliphatic rings. The molecule has 0 aliphatic carbocycles. The molecule has 1 atom stereocenters. The van der Waals surface area contributed by atoms with Crippen LogP contribution in [-0.4, -0.2) is 35.6 Å². The number of carbonyl (C=O) groups is 1. The predicted octanol–water partition coefficient (Wildman–Crippen LogP) is 1.68. The fourth-order valence-electron chi connectivity index (χ4n) is 2.20. The average molecular weight is 332 g/mol. The van der Waals surface area contributed by atoms with Crippen molar-refractivity contribution in [3.05, 3.63) is 65.5 Å². The van der Waals surface area contributed by atoms with Crippen LogP contribution < -0.4 is 10.5 Å². The Balaban J connectivity index is 1.89. The van der Waals surface area contributed by atoms with E-state index in [1.54, 1.807) is 31.3 Å². The Morgan fingerprint density at radius 3 is 2.58 bits per heavy atom. The van der Waals surface area contributed by atoms with Crippen LogP contribution in [0.15, 0.2) is 48.5 Å². The van der Waals surface area contributed by atoms with Crippen molar-refractivity contribution in [2.75, 3.05) is 13.7 Å². The normalized spacial score (nSPS) is 11.8. The van der Waals surface area contributed by atoms with Crippen molar-refractivity contribution in [1.82, 2.24) is 4.90 Å². The molecule has 2 rings (SSSR count). The number of aliphatic hydroxyl groups excluding tert-OH is 1. The SMILES string of the molecule is CN(Cc1ccc(OCc2cccc(F)c2)cc1)C(=O)C(N)CO. The van der Waals surface area contributed by atoms with E-state index < -0.39 is 6.04 Å². The van der Waals surface area contributed by atoms with Gasteiger partial charge in [0, 0.05) is 13.6 Å². The van der Waals surface area contributed by atoms with E-state index in [2.05, 4.69) is 0 Å². The van der Waals surface area contributed by atoms with Crippen molar-refractivity contribution in [3.63, 3.8) is 0 Å². The maximum atomic E-state index is 13.1. The average Bonchev–Trinajstić information content (AvgIpc) is 2.59. The van der Waals surface area contributed by atoms with Gasteiger partial charge in [0.25, 0.3) is 0 Å². The fraction of sp³-hybridized carbons (Fsp3) is 0.278. The molecule has 0 bridgehead atoms. The summed E-state index contributed by atoms with van der Waals surface area (Å²) in [5, 5.41) is 8.91. The minimum atomic E-state index is -0.899. The standard InChI is InChI=1S/C18H21FN2O3/c1-21(18(23)17(20)11-22)10-13-5-7-16(8-6-13)24-12-14-3-2-4-15(19)9-14/h2-9,17,22H,10-12,20H2,1H3. The summed E-state index contributed by atoms with van der Waals surface area (Å²) in [4.78, 5) is 13.3. The van der Waals surface area contributed by atoms with Gasteiger partial charge >= 0.3 is 0 Å². The van der Waals surface area contributed by atoms with Crippen LogP contribution in [0, 0.1) is 5.82 Å². The van der Waals surface area contributed by atoms with Crippen LogP contribution in [0.5, 0.6) is 5.75 Å². The molecule has 0 heterocycles. The summed E-state index contributed by atoms with van der Waals surface area (Å²) in [5.74, 6) is 0.0493. The quantitative estimate of drug-likeness (QED) is 0.809. The van der Waals surface area contributed by atoms with Crippen molar-refractivity contribution in [2.45, 2.75) is 19.2 Å². The number of hydrogen-bond donors (Lipinski definition) is 2. The predicted molar refractivity (Wildman–Crippen MR) is 88.7 cm³/mol. The minimum absolute atomic E-state index is 0.279. The van der Waals surface area contributed by atoms with Crippen molar-refractivity contribution >= 4 is 5.91 Å². The second kappa shape index (κ2) is 8.42. The van der Waals surface area contributed by atoms with Crippen LogP contribution in [-0.2, 0) is 17.9 Å². The second-order valence-electron chi connectivity index (χ2n) is 5.55. The maximum absolute atomic E-state index is 13.1. The molecule has 3 N–H and O–H groups in total. The topological polar surface area (TPSA) is 75.8 Å². The first-order chi connectivity index (χ1) is 11.5. The Kier molecular flexibility index (Phi) is 6.28. The molecule has 128 valence electrons. The first-order valence-corrected chi connectivity index (χ1v) is 7.57. The first kappa shape index (κ1) is 17.9. The molecule has 5 nitrogen and oxygen atoms in total. The van der Waals surface area contributed by atoms with Crippen LogP contribution >= 0.6 is 0 Å². The highest BCUT2D eigenvalue weighted by molar-refractivity contribution is 5.81. The molecule has 2 aromatic carbocycles. The highest BCUT2D eigenvalue weighted by Crippen LogP contribution is 2.15. The summed E-state index contributed by atoms with van der Waals surface area (Å²) in [7, 11) is 1.63. The number of nitrogens with zero attached hydrogens (tertiary/aromatic N) is 1. The molecule has 6 heteroatoms. The Bertz CT molecular complexity index is 676. The van der Waals surface area contributed by atoms with E-state index in [0.717, 1.165) is 11.1 Å². The number of likely N-dealkylation sites (N-methyl/N-ethyl adjacent to an activating group) is 1. The summed E-state index contributed by atoms with van der Waals surface area (Å²) >= 11 is 0. The smallest absolute Gasteiger partial charge is 0.241 e. The lowest BCUT2D eigenvalue weighted by molar-refractivity contribution is -0.132. The Labute approximate surface area is 140 Å². The van der Waals surface area contributed by atoms with Gasteiger partial charge in [-0.2, -0.15) is 0 Å². The maximum Gasteiger partial charge on any atom is 0.241 e. The van der Waals surface area contributed by atoms with Crippen LogP contribution in [0.3, 0.4) is 0 Å². The molecule has 1 unspecified atom stereocenters. The van der Waals surface area contributed by atoms with Crippen molar-refractivity contribution in [3.8, 4) is 5.75 Å². The molecule has 24 heavy (non-hydrogen) atoms. The molecule has 0 saturated carbocycles. The van der Waals surface area contributed by atoms with E-state index in [0.29, 0.717) is 12.3 Å². The largest absolute Gasteiger partial charge is 0.489 e. The summed E-state index contributed by atoms with van der Waals surface area (Å²) in [6, 6.07) is 12.6. The molecule has 0 saturated heterocycles. The molecule has 0 aliphatic heterocycles. The molecule has 0 fully saturated rings. The summed E-state index contributed by atoms with van der Waals surface area (Å²) in [6.07, 6.45) is 0. The molecule has 0 radical (unpaired) electrons. The van der Waals surface area contributed by atoms with E-state index >= 15 is 0 Å². The van der Waals surface area contributed by atoms with Crippen molar-refractivity contribution in [1.29, 1.82) is 0 Å². The van der Waals surface area contributed by atoms with Gasteiger partial charge in [0.15, 0.2) is 0 Å². The van der Waals surface area contributed by atoms with E-state index in [4.69, 9.17) is 15.6 Å². The van der Waals surface area contributed by atoms with Gasteiger partial charge in [0.2, 0.25) is 5.91 Å². The number of rotatable bonds is 7. The van der Waals surface area contributed by atoms with E-state index in [-0.39, 0.29) is 24.9 Å². The molecule has 1 amide bonds. The van der Waals surface area contributed by atoms with E-state index in [1.165, 1.54) is 17.0 Å². The minimum Gasteiger partial charge on any atom is -0.489 e. The van der Waals surface area contributed by atoms with Gasteiger partial charge < -0.3 is 20.5 Å². The monoisotopic (exact) mass is 332 g/mol. The van der Waals surface area contributed by atoms with Crippen LogP contribution in [0.1, 0.15) is 11.1 Å². The van der Waals surface area contributed by atoms with E-state index in [1.807, 2.05) is 12.1 Å². The molecule has 0 aromatic heterocycles. The summed E-state index contributed by atoms with van der Waals surface area (Å²) < 4.78 is 18.7. The Morgan fingerprint density at radius 2 is 1.96 bits per heavy atom. The lowest BCUT2D eigenvalue weighted by Crippen LogP contribution is -2.43.